The Bertz CT molecular complexity index is 697. The van der Waals surface area contributed by atoms with Gasteiger partial charge in [0.25, 0.3) is 0 Å². The number of nitrogens with one attached hydrogen (secondary N) is 1. The Balaban J connectivity index is 2.28. The van der Waals surface area contributed by atoms with E-state index in [-0.39, 0.29) is 5.97 Å². The van der Waals surface area contributed by atoms with Crippen LogP contribution in [-0.2, 0) is 16.0 Å². The fourth-order valence-electron chi connectivity index (χ4n) is 2.60. The standard InChI is InChI=1S/C21H27NO3/c1-4-5-13-25-20-14-16(10-12-21(23)24-3)9-11-19(20)17-7-6-8-18(15-17)22-2/h6-9,11,14-15,22H,4-5,10,12-13H2,1-3H3. The molecule has 0 aliphatic heterocycles. The molecule has 0 amide bonds. The maximum atomic E-state index is 11.4. The molecule has 2 aromatic rings. The second kappa shape index (κ2) is 9.72. The van der Waals surface area contributed by atoms with E-state index in [2.05, 4.69) is 36.5 Å². The third kappa shape index (κ3) is 5.52. The number of hydrogen-bond donors (Lipinski definition) is 1. The molecule has 0 radical (unpaired) electrons. The summed E-state index contributed by atoms with van der Waals surface area (Å²) >= 11 is 0. The molecule has 2 aromatic carbocycles. The molecule has 0 aliphatic rings. The van der Waals surface area contributed by atoms with Crippen LogP contribution >= 0.6 is 0 Å². The number of ether oxygens (including phenoxy) is 2. The van der Waals surface area contributed by atoms with E-state index in [0.29, 0.717) is 19.4 Å². The summed E-state index contributed by atoms with van der Waals surface area (Å²) in [5.41, 5.74) is 4.31. The Kier molecular flexibility index (Phi) is 7.33. The molecule has 2 rings (SSSR count). The van der Waals surface area contributed by atoms with Crippen molar-refractivity contribution in [2.75, 3.05) is 26.1 Å². The van der Waals surface area contributed by atoms with Crippen molar-refractivity contribution >= 4 is 11.7 Å². The van der Waals surface area contributed by atoms with E-state index in [0.717, 1.165) is 41.0 Å². The molecule has 4 heteroatoms. The lowest BCUT2D eigenvalue weighted by Gasteiger charge is -2.14. The number of anilines is 1. The number of carbonyl (C=O) groups excluding carboxylic acids is 1. The summed E-state index contributed by atoms with van der Waals surface area (Å²) in [6.07, 6.45) is 3.13. The number of unbranched alkanes of at least 4 members (excludes halogenated alkanes) is 1. The first-order valence-corrected chi connectivity index (χ1v) is 8.78. The molecule has 0 bridgehead atoms. The van der Waals surface area contributed by atoms with Gasteiger partial charge in [-0.3, -0.25) is 4.79 Å². The van der Waals surface area contributed by atoms with Crippen molar-refractivity contribution in [1.29, 1.82) is 0 Å². The van der Waals surface area contributed by atoms with Crippen LogP contribution in [0.15, 0.2) is 42.5 Å². The molecule has 134 valence electrons. The van der Waals surface area contributed by atoms with Crippen molar-refractivity contribution in [3.63, 3.8) is 0 Å². The molecule has 0 saturated carbocycles. The van der Waals surface area contributed by atoms with E-state index < -0.39 is 0 Å². The summed E-state index contributed by atoms with van der Waals surface area (Å²) in [4.78, 5) is 11.4. The minimum atomic E-state index is -0.195. The van der Waals surface area contributed by atoms with Crippen molar-refractivity contribution in [2.24, 2.45) is 0 Å². The smallest absolute Gasteiger partial charge is 0.305 e. The monoisotopic (exact) mass is 341 g/mol. The fourth-order valence-corrected chi connectivity index (χ4v) is 2.60. The van der Waals surface area contributed by atoms with Gasteiger partial charge in [0.2, 0.25) is 0 Å². The Hall–Kier alpha value is -2.49. The quantitative estimate of drug-likeness (QED) is 0.531. The molecule has 0 saturated heterocycles. The van der Waals surface area contributed by atoms with E-state index in [1.54, 1.807) is 0 Å². The molecule has 0 aromatic heterocycles. The zero-order valence-corrected chi connectivity index (χ0v) is 15.3. The number of benzene rings is 2. The lowest BCUT2D eigenvalue weighted by Crippen LogP contribution is -2.03. The fraction of sp³-hybridized carbons (Fsp3) is 0.381. The second-order valence-electron chi connectivity index (χ2n) is 5.94. The summed E-state index contributed by atoms with van der Waals surface area (Å²) in [6.45, 7) is 2.84. The summed E-state index contributed by atoms with van der Waals surface area (Å²) in [5.74, 6) is 0.670. The number of methoxy groups -OCH3 is 1. The average Bonchev–Trinajstić information content (AvgIpc) is 2.66. The van der Waals surface area contributed by atoms with Gasteiger partial charge in [-0.05, 0) is 42.2 Å². The SMILES string of the molecule is CCCCOc1cc(CCC(=O)OC)ccc1-c1cccc(NC)c1. The van der Waals surface area contributed by atoms with Gasteiger partial charge in [-0.2, -0.15) is 0 Å². The molecule has 25 heavy (non-hydrogen) atoms. The number of aryl methyl sites for hydroxylation is 1. The first-order valence-electron chi connectivity index (χ1n) is 8.78. The number of esters is 1. The molecular weight excluding hydrogens is 314 g/mol. The van der Waals surface area contributed by atoms with Gasteiger partial charge in [0.1, 0.15) is 5.75 Å². The molecule has 1 N–H and O–H groups in total. The second-order valence-corrected chi connectivity index (χ2v) is 5.94. The topological polar surface area (TPSA) is 47.6 Å². The van der Waals surface area contributed by atoms with Crippen LogP contribution in [0.5, 0.6) is 5.75 Å². The van der Waals surface area contributed by atoms with Gasteiger partial charge < -0.3 is 14.8 Å². The van der Waals surface area contributed by atoms with Crippen molar-refractivity contribution in [3.8, 4) is 16.9 Å². The highest BCUT2D eigenvalue weighted by atomic mass is 16.5. The third-order valence-corrected chi connectivity index (χ3v) is 4.11. The first kappa shape index (κ1) is 18.8. The summed E-state index contributed by atoms with van der Waals surface area (Å²) < 4.78 is 10.8. The summed E-state index contributed by atoms with van der Waals surface area (Å²) in [6, 6.07) is 14.4. The number of hydrogen-bond acceptors (Lipinski definition) is 4. The average molecular weight is 341 g/mol. The highest BCUT2D eigenvalue weighted by Crippen LogP contribution is 2.33. The van der Waals surface area contributed by atoms with Crippen molar-refractivity contribution in [1.82, 2.24) is 0 Å². The van der Waals surface area contributed by atoms with Crippen LogP contribution in [-0.4, -0.2) is 26.7 Å². The lowest BCUT2D eigenvalue weighted by atomic mass is 10.00. The van der Waals surface area contributed by atoms with Crippen LogP contribution in [0.2, 0.25) is 0 Å². The van der Waals surface area contributed by atoms with Gasteiger partial charge in [0, 0.05) is 24.7 Å². The maximum Gasteiger partial charge on any atom is 0.305 e. The number of rotatable bonds is 9. The summed E-state index contributed by atoms with van der Waals surface area (Å²) in [7, 11) is 3.33. The van der Waals surface area contributed by atoms with Crippen molar-refractivity contribution in [2.45, 2.75) is 32.6 Å². The molecule has 0 aliphatic carbocycles. The predicted molar refractivity (Wildman–Crippen MR) is 102 cm³/mol. The van der Waals surface area contributed by atoms with Gasteiger partial charge in [-0.25, -0.2) is 0 Å². The Labute approximate surface area is 150 Å². The first-order chi connectivity index (χ1) is 12.2. The molecular formula is C21H27NO3. The Morgan fingerprint density at radius 2 is 2.00 bits per heavy atom. The van der Waals surface area contributed by atoms with Crippen LogP contribution < -0.4 is 10.1 Å². The van der Waals surface area contributed by atoms with Crippen LogP contribution in [0, 0.1) is 0 Å². The highest BCUT2D eigenvalue weighted by molar-refractivity contribution is 5.74. The van der Waals surface area contributed by atoms with Crippen molar-refractivity contribution in [3.05, 3.63) is 48.0 Å². The van der Waals surface area contributed by atoms with Crippen LogP contribution in [0.3, 0.4) is 0 Å². The largest absolute Gasteiger partial charge is 0.493 e. The predicted octanol–water partition coefficient (Wildman–Crippen LogP) is 4.68. The Morgan fingerprint density at radius 1 is 1.16 bits per heavy atom. The van der Waals surface area contributed by atoms with Gasteiger partial charge in [-0.15, -0.1) is 0 Å². The minimum Gasteiger partial charge on any atom is -0.493 e. The number of carbonyl (C=O) groups is 1. The molecule has 4 nitrogen and oxygen atoms in total. The van der Waals surface area contributed by atoms with E-state index in [4.69, 9.17) is 9.47 Å². The minimum absolute atomic E-state index is 0.195. The zero-order valence-electron chi connectivity index (χ0n) is 15.3. The van der Waals surface area contributed by atoms with Crippen molar-refractivity contribution < 1.29 is 14.3 Å². The zero-order chi connectivity index (χ0) is 18.1. The Morgan fingerprint density at radius 3 is 2.72 bits per heavy atom. The van der Waals surface area contributed by atoms with E-state index >= 15 is 0 Å². The molecule has 0 fully saturated rings. The van der Waals surface area contributed by atoms with E-state index in [1.807, 2.05) is 25.2 Å². The summed E-state index contributed by atoms with van der Waals surface area (Å²) in [5, 5.41) is 3.17. The third-order valence-electron chi connectivity index (χ3n) is 4.11. The van der Waals surface area contributed by atoms with Gasteiger partial charge >= 0.3 is 5.97 Å². The molecule has 0 heterocycles. The molecule has 0 atom stereocenters. The molecule has 0 unspecified atom stereocenters. The maximum absolute atomic E-state index is 11.4. The van der Waals surface area contributed by atoms with E-state index in [9.17, 15) is 4.79 Å². The highest BCUT2D eigenvalue weighted by Gasteiger charge is 2.10. The van der Waals surface area contributed by atoms with Gasteiger partial charge in [0.05, 0.1) is 13.7 Å². The van der Waals surface area contributed by atoms with Crippen LogP contribution in [0.1, 0.15) is 31.7 Å². The van der Waals surface area contributed by atoms with Gasteiger partial charge in [-0.1, -0.05) is 37.6 Å². The van der Waals surface area contributed by atoms with Crippen LogP contribution in [0.4, 0.5) is 5.69 Å². The lowest BCUT2D eigenvalue weighted by molar-refractivity contribution is -0.140. The molecule has 0 spiro atoms. The van der Waals surface area contributed by atoms with Crippen LogP contribution in [0.25, 0.3) is 11.1 Å². The normalized spacial score (nSPS) is 10.4. The van der Waals surface area contributed by atoms with Gasteiger partial charge in [0.15, 0.2) is 0 Å². The van der Waals surface area contributed by atoms with E-state index in [1.165, 1.54) is 7.11 Å².